The molecule has 0 aromatic carbocycles. The number of rotatable bonds is 12. The summed E-state index contributed by atoms with van der Waals surface area (Å²) in [6.45, 7) is 15.8. The molecule has 9 heteroatoms. The van der Waals surface area contributed by atoms with E-state index in [-0.39, 0.29) is 30.3 Å². The number of hydrogen-bond acceptors (Lipinski definition) is 8. The quantitative estimate of drug-likeness (QED) is 0.157. The van der Waals surface area contributed by atoms with Gasteiger partial charge in [-0.3, -0.25) is 4.74 Å². The molecule has 2 fully saturated rings. The van der Waals surface area contributed by atoms with Crippen molar-refractivity contribution >= 4 is 12.6 Å². The van der Waals surface area contributed by atoms with E-state index in [1.54, 1.807) is 13.2 Å². The highest BCUT2D eigenvalue weighted by atomic mass is 16.7. The molecule has 232 valence electrons. The second-order valence-corrected chi connectivity index (χ2v) is 13.0. The molecule has 1 heterocycles. The van der Waals surface area contributed by atoms with E-state index in [0.29, 0.717) is 13.0 Å². The van der Waals surface area contributed by atoms with Gasteiger partial charge >= 0.3 is 12.6 Å². The molecule has 0 unspecified atom stereocenters. The minimum atomic E-state index is -1.51. The average Bonchev–Trinajstić information content (AvgIpc) is 3.43. The molecule has 1 saturated heterocycles. The van der Waals surface area contributed by atoms with Crippen LogP contribution >= 0.6 is 0 Å². The molecule has 0 aromatic rings. The number of ether oxygens (including phenoxy) is 3. The van der Waals surface area contributed by atoms with Crippen LogP contribution in [0.5, 0.6) is 0 Å². The largest absolute Gasteiger partial charge is 0.409 e. The highest BCUT2D eigenvalue weighted by Gasteiger charge is 2.51. The van der Waals surface area contributed by atoms with Crippen LogP contribution in [0.15, 0.2) is 35.5 Å². The van der Waals surface area contributed by atoms with Gasteiger partial charge in [-0.1, -0.05) is 44.1 Å². The molecule has 1 saturated carbocycles. The van der Waals surface area contributed by atoms with Gasteiger partial charge in [0.1, 0.15) is 24.6 Å². The van der Waals surface area contributed by atoms with E-state index in [2.05, 4.69) is 26.5 Å². The third-order valence-corrected chi connectivity index (χ3v) is 9.24. The number of aliphatic hydroxyl groups excluding tert-OH is 4. The number of aliphatic hydroxyl groups is 4. The van der Waals surface area contributed by atoms with Crippen LogP contribution in [0.4, 0.5) is 0 Å². The fourth-order valence-corrected chi connectivity index (χ4v) is 6.27. The van der Waals surface area contributed by atoms with Gasteiger partial charge in [0, 0.05) is 24.4 Å². The Morgan fingerprint density at radius 2 is 1.80 bits per heavy atom. The van der Waals surface area contributed by atoms with Crippen LogP contribution in [-0.4, -0.2) is 95.7 Å². The van der Waals surface area contributed by atoms with Crippen LogP contribution in [0.2, 0.25) is 0 Å². The number of carbonyl (C=O) groups is 1. The zero-order valence-electron chi connectivity index (χ0n) is 25.7. The molecule has 0 radical (unpaired) electrons. The Labute approximate surface area is 244 Å². The predicted molar refractivity (Wildman–Crippen MR) is 155 cm³/mol. The summed E-state index contributed by atoms with van der Waals surface area (Å²) in [5.74, 6) is 0.145. The minimum Gasteiger partial charge on any atom is -0.392 e. The van der Waals surface area contributed by atoms with Crippen molar-refractivity contribution in [3.05, 3.63) is 35.5 Å². The van der Waals surface area contributed by atoms with Gasteiger partial charge in [-0.15, -0.1) is 6.58 Å². The summed E-state index contributed by atoms with van der Waals surface area (Å²) in [4.78, 5) is 11.8. The Bertz CT molecular complexity index is 1010. The molecular formula is C32H51O9+. The van der Waals surface area contributed by atoms with Crippen molar-refractivity contribution in [1.82, 2.24) is 0 Å². The highest BCUT2D eigenvalue weighted by Crippen LogP contribution is 2.50. The Morgan fingerprint density at radius 3 is 2.39 bits per heavy atom. The summed E-state index contributed by atoms with van der Waals surface area (Å²) in [5, 5.41) is 43.3. The van der Waals surface area contributed by atoms with E-state index >= 15 is 0 Å². The van der Waals surface area contributed by atoms with E-state index in [1.165, 1.54) is 6.29 Å². The zero-order chi connectivity index (χ0) is 30.7. The molecule has 10 atom stereocenters. The van der Waals surface area contributed by atoms with Gasteiger partial charge in [0.05, 0.1) is 30.5 Å². The Hall–Kier alpha value is -1.72. The SMILES string of the molecule is C=CC(C)(C)OC[C@H]1O[C@H]([O+]=CC2=C(C(C)C)C[C@H](O)[C@]2(C)/C=C2/[C@@H](COC)CC[C@H]2[C@@H](C)C=O)[C@H](O)[C@@H](O)[C@@H]1O. The minimum absolute atomic E-state index is 0.0521. The predicted octanol–water partition coefficient (Wildman–Crippen LogP) is 2.67. The first kappa shape index (κ1) is 33.8. The summed E-state index contributed by atoms with van der Waals surface area (Å²) in [7, 11) is 1.67. The maximum atomic E-state index is 11.8. The van der Waals surface area contributed by atoms with Crippen molar-refractivity contribution in [2.24, 2.45) is 29.1 Å². The number of methoxy groups -OCH3 is 1. The monoisotopic (exact) mass is 579 g/mol. The Kier molecular flexibility index (Phi) is 11.3. The van der Waals surface area contributed by atoms with Crippen LogP contribution in [0.1, 0.15) is 60.8 Å². The zero-order valence-corrected chi connectivity index (χ0v) is 25.7. The van der Waals surface area contributed by atoms with Gasteiger partial charge in [0.15, 0.2) is 0 Å². The first-order valence-electron chi connectivity index (χ1n) is 14.7. The summed E-state index contributed by atoms with van der Waals surface area (Å²) < 4.78 is 23.2. The first-order chi connectivity index (χ1) is 19.2. The number of hydrogen-bond donors (Lipinski definition) is 4. The van der Waals surface area contributed by atoms with Crippen molar-refractivity contribution in [3.63, 3.8) is 0 Å². The van der Waals surface area contributed by atoms with E-state index in [0.717, 1.165) is 35.8 Å². The molecular weight excluding hydrogens is 528 g/mol. The summed E-state index contributed by atoms with van der Waals surface area (Å²) in [5.41, 5.74) is 1.37. The molecule has 41 heavy (non-hydrogen) atoms. The van der Waals surface area contributed by atoms with E-state index in [9.17, 15) is 25.2 Å². The normalized spacial score (nSPS) is 38.4. The first-order valence-corrected chi connectivity index (χ1v) is 14.7. The number of aldehydes is 2. The fourth-order valence-electron chi connectivity index (χ4n) is 6.27. The van der Waals surface area contributed by atoms with Gasteiger partial charge in [-0.05, 0) is 51.9 Å². The molecule has 0 aromatic heterocycles. The van der Waals surface area contributed by atoms with Crippen LogP contribution in [0.3, 0.4) is 0 Å². The lowest BCUT2D eigenvalue weighted by atomic mass is 9.75. The summed E-state index contributed by atoms with van der Waals surface area (Å²) in [6, 6.07) is 0. The lowest BCUT2D eigenvalue weighted by Crippen LogP contribution is -2.59. The average molecular weight is 580 g/mol. The van der Waals surface area contributed by atoms with E-state index < -0.39 is 47.8 Å². The second-order valence-electron chi connectivity index (χ2n) is 13.0. The third kappa shape index (κ3) is 7.26. The van der Waals surface area contributed by atoms with Gasteiger partial charge in [-0.25, -0.2) is 4.42 Å². The lowest BCUT2D eigenvalue weighted by molar-refractivity contribution is -0.589. The lowest BCUT2D eigenvalue weighted by Gasteiger charge is -2.35. The molecule has 0 bridgehead atoms. The molecule has 2 aliphatic carbocycles. The molecule has 9 nitrogen and oxygen atoms in total. The maximum Gasteiger partial charge on any atom is 0.409 e. The molecule has 1 aliphatic heterocycles. The van der Waals surface area contributed by atoms with Gasteiger partial charge < -0.3 is 34.7 Å². The molecule has 0 amide bonds. The van der Waals surface area contributed by atoms with Crippen molar-refractivity contribution < 1.29 is 43.9 Å². The molecule has 4 N–H and O–H groups in total. The van der Waals surface area contributed by atoms with Crippen molar-refractivity contribution in [2.45, 2.75) is 103 Å². The van der Waals surface area contributed by atoms with Crippen LogP contribution < -0.4 is 0 Å². The highest BCUT2D eigenvalue weighted by molar-refractivity contribution is 5.80. The van der Waals surface area contributed by atoms with Gasteiger partial charge in [0.2, 0.25) is 6.10 Å². The maximum absolute atomic E-state index is 11.8. The molecule has 0 spiro atoms. The van der Waals surface area contributed by atoms with E-state index in [1.807, 2.05) is 27.7 Å². The van der Waals surface area contributed by atoms with E-state index in [4.69, 9.17) is 18.6 Å². The third-order valence-electron chi connectivity index (χ3n) is 9.24. The van der Waals surface area contributed by atoms with Crippen LogP contribution in [0, 0.1) is 29.1 Å². The molecule has 3 rings (SSSR count). The van der Waals surface area contributed by atoms with Gasteiger partial charge in [-0.2, -0.15) is 0 Å². The Balaban J connectivity index is 1.98. The second kappa shape index (κ2) is 13.7. The summed E-state index contributed by atoms with van der Waals surface area (Å²) >= 11 is 0. The smallest absolute Gasteiger partial charge is 0.392 e. The van der Waals surface area contributed by atoms with Crippen molar-refractivity contribution in [1.29, 1.82) is 0 Å². The standard InChI is InChI=1S/C32H51O9/c1-9-31(5,6)40-17-25-27(35)28(36)29(37)30(41-25)39-16-24-22(18(2)3)12-26(34)32(24,7)13-23-20(15-38-8)10-11-21(23)19(4)14-33/h9,13-14,16,18-21,25-30,34-37H,1,10-12,15,17H2,2-8H3/q+1/b23-13-/t19-,20+,21-,25+,26-,27+,28-,29+,30-,32+/m0/s1. The fraction of sp³-hybridized carbons (Fsp3) is 0.750. The molecule has 3 aliphatic rings. The van der Waals surface area contributed by atoms with Gasteiger partial charge in [0.25, 0.3) is 0 Å². The summed E-state index contributed by atoms with van der Waals surface area (Å²) in [6.07, 6.45) is 1.09. The van der Waals surface area contributed by atoms with Crippen molar-refractivity contribution in [3.8, 4) is 0 Å². The van der Waals surface area contributed by atoms with Crippen molar-refractivity contribution in [2.75, 3.05) is 20.3 Å². The van der Waals surface area contributed by atoms with Crippen LogP contribution in [0.25, 0.3) is 0 Å². The Morgan fingerprint density at radius 1 is 1.12 bits per heavy atom. The number of carbonyl (C=O) groups excluding carboxylic acids is 2. The van der Waals surface area contributed by atoms with Crippen LogP contribution in [-0.2, 0) is 23.4 Å². The topological polar surface area (TPSA) is 137 Å².